The summed E-state index contributed by atoms with van der Waals surface area (Å²) in [5, 5.41) is 2.77. The molecule has 0 atom stereocenters. The van der Waals surface area contributed by atoms with Gasteiger partial charge >= 0.3 is 0 Å². The highest BCUT2D eigenvalue weighted by Gasteiger charge is 2.06. The highest BCUT2D eigenvalue weighted by atomic mass is 35.5. The van der Waals surface area contributed by atoms with E-state index < -0.39 is 0 Å². The second-order valence-electron chi connectivity index (χ2n) is 3.82. The number of hydrogen-bond acceptors (Lipinski definition) is 4. The lowest BCUT2D eigenvalue weighted by atomic mass is 10.2. The van der Waals surface area contributed by atoms with Crippen LogP contribution >= 0.6 is 22.9 Å². The molecule has 0 aliphatic rings. The number of thiazole rings is 1. The van der Waals surface area contributed by atoms with E-state index in [1.807, 2.05) is 36.1 Å². The van der Waals surface area contributed by atoms with E-state index in [1.165, 1.54) is 0 Å². The number of nitrogens with two attached hydrogens (primary N) is 1. The number of hydrogen-bond donors (Lipinski definition) is 1. The molecule has 17 heavy (non-hydrogen) atoms. The molecule has 0 amide bonds. The lowest BCUT2D eigenvalue weighted by Gasteiger charge is -2.19. The van der Waals surface area contributed by atoms with Crippen LogP contribution in [0.25, 0.3) is 0 Å². The maximum atomic E-state index is 6.14. The summed E-state index contributed by atoms with van der Waals surface area (Å²) in [6.07, 6.45) is 0. The van der Waals surface area contributed by atoms with Gasteiger partial charge in [0.1, 0.15) is 0 Å². The molecule has 0 unspecified atom stereocenters. The molecule has 1 aromatic carbocycles. The summed E-state index contributed by atoms with van der Waals surface area (Å²) >= 11 is 7.74. The van der Waals surface area contributed by atoms with Gasteiger partial charge < -0.3 is 10.6 Å². The Morgan fingerprint density at radius 2 is 2.29 bits per heavy atom. The lowest BCUT2D eigenvalue weighted by Crippen LogP contribution is -2.16. The van der Waals surface area contributed by atoms with Crippen molar-refractivity contribution in [3.8, 4) is 0 Å². The summed E-state index contributed by atoms with van der Waals surface area (Å²) in [6, 6.07) is 5.94. The first kappa shape index (κ1) is 12.4. The maximum absolute atomic E-state index is 6.14. The van der Waals surface area contributed by atoms with Gasteiger partial charge in [-0.3, -0.25) is 0 Å². The van der Waals surface area contributed by atoms with Crippen molar-refractivity contribution in [1.29, 1.82) is 0 Å². The van der Waals surface area contributed by atoms with Crippen molar-refractivity contribution in [3.05, 3.63) is 45.4 Å². The molecule has 0 bridgehead atoms. The van der Waals surface area contributed by atoms with Gasteiger partial charge in [-0.25, -0.2) is 4.98 Å². The van der Waals surface area contributed by atoms with Gasteiger partial charge in [0.15, 0.2) is 0 Å². The fourth-order valence-corrected chi connectivity index (χ4v) is 2.39. The molecular formula is C12H14ClN3S. The van der Waals surface area contributed by atoms with Crippen molar-refractivity contribution in [1.82, 2.24) is 4.98 Å². The van der Waals surface area contributed by atoms with Crippen molar-refractivity contribution in [2.24, 2.45) is 5.73 Å². The van der Waals surface area contributed by atoms with Crippen LogP contribution in [-0.4, -0.2) is 12.0 Å². The molecule has 0 radical (unpaired) electrons. The van der Waals surface area contributed by atoms with Crippen LogP contribution in [0.15, 0.2) is 29.1 Å². The van der Waals surface area contributed by atoms with Gasteiger partial charge in [-0.1, -0.05) is 17.7 Å². The van der Waals surface area contributed by atoms with E-state index in [4.69, 9.17) is 17.3 Å². The molecule has 0 saturated heterocycles. The summed E-state index contributed by atoms with van der Waals surface area (Å²) < 4.78 is 0. The first-order valence-electron chi connectivity index (χ1n) is 5.27. The standard InChI is InChI=1S/C12H14ClN3S/c1-16(6-10-7-17-8-15-10)11-3-2-9(5-14)12(13)4-11/h2-4,7-8H,5-6,14H2,1H3. The van der Waals surface area contributed by atoms with Gasteiger partial charge in [-0.2, -0.15) is 0 Å². The number of nitrogens with zero attached hydrogens (tertiary/aromatic N) is 2. The Bertz CT molecular complexity index is 485. The van der Waals surface area contributed by atoms with Crippen molar-refractivity contribution >= 4 is 28.6 Å². The zero-order valence-corrected chi connectivity index (χ0v) is 11.1. The number of aromatic nitrogens is 1. The molecule has 2 N–H and O–H groups in total. The van der Waals surface area contributed by atoms with Crippen LogP contribution in [0, 0.1) is 0 Å². The first-order chi connectivity index (χ1) is 8.20. The molecule has 3 nitrogen and oxygen atoms in total. The Kier molecular flexibility index (Phi) is 3.99. The number of anilines is 1. The van der Waals surface area contributed by atoms with E-state index in [0.717, 1.165) is 28.5 Å². The topological polar surface area (TPSA) is 42.2 Å². The SMILES string of the molecule is CN(Cc1cscn1)c1ccc(CN)c(Cl)c1. The average Bonchev–Trinajstić information content (AvgIpc) is 2.81. The average molecular weight is 268 g/mol. The Hall–Kier alpha value is -1.10. The van der Waals surface area contributed by atoms with E-state index in [1.54, 1.807) is 11.3 Å². The molecule has 2 rings (SSSR count). The zero-order chi connectivity index (χ0) is 12.3. The van der Waals surface area contributed by atoms with Gasteiger partial charge in [-0.15, -0.1) is 11.3 Å². The second-order valence-corrected chi connectivity index (χ2v) is 4.94. The first-order valence-corrected chi connectivity index (χ1v) is 6.59. The van der Waals surface area contributed by atoms with E-state index in [2.05, 4.69) is 9.88 Å². The number of halogens is 1. The Morgan fingerprint density at radius 1 is 1.47 bits per heavy atom. The van der Waals surface area contributed by atoms with Crippen molar-refractivity contribution in [2.75, 3.05) is 11.9 Å². The van der Waals surface area contributed by atoms with E-state index in [9.17, 15) is 0 Å². The van der Waals surface area contributed by atoms with Gasteiger partial charge in [0, 0.05) is 29.7 Å². The molecule has 0 aliphatic heterocycles. The summed E-state index contributed by atoms with van der Waals surface area (Å²) in [4.78, 5) is 6.37. The third-order valence-corrected chi connectivity index (χ3v) is 3.57. The summed E-state index contributed by atoms with van der Waals surface area (Å²) in [7, 11) is 2.02. The zero-order valence-electron chi connectivity index (χ0n) is 9.56. The highest BCUT2D eigenvalue weighted by molar-refractivity contribution is 7.07. The predicted octanol–water partition coefficient (Wildman–Crippen LogP) is 2.89. The van der Waals surface area contributed by atoms with E-state index in [-0.39, 0.29) is 0 Å². The van der Waals surface area contributed by atoms with Crippen molar-refractivity contribution in [2.45, 2.75) is 13.1 Å². The lowest BCUT2D eigenvalue weighted by molar-refractivity contribution is 0.894. The van der Waals surface area contributed by atoms with Crippen LogP contribution in [0.1, 0.15) is 11.3 Å². The normalized spacial score (nSPS) is 10.5. The summed E-state index contributed by atoms with van der Waals surface area (Å²) in [5.74, 6) is 0. The quantitative estimate of drug-likeness (QED) is 0.926. The highest BCUT2D eigenvalue weighted by Crippen LogP contribution is 2.23. The minimum Gasteiger partial charge on any atom is -0.369 e. The molecule has 0 spiro atoms. The molecule has 0 fully saturated rings. The minimum atomic E-state index is 0.467. The number of benzene rings is 1. The molecule has 1 heterocycles. The third-order valence-electron chi connectivity index (χ3n) is 2.58. The molecule has 0 aliphatic carbocycles. The summed E-state index contributed by atoms with van der Waals surface area (Å²) in [5.41, 5.74) is 10.5. The van der Waals surface area contributed by atoms with Crippen molar-refractivity contribution in [3.63, 3.8) is 0 Å². The molecule has 5 heteroatoms. The molecule has 2 aromatic rings. The monoisotopic (exact) mass is 267 g/mol. The van der Waals surface area contributed by atoms with E-state index >= 15 is 0 Å². The second kappa shape index (κ2) is 5.49. The molecule has 1 aromatic heterocycles. The third kappa shape index (κ3) is 2.97. The van der Waals surface area contributed by atoms with Gasteiger partial charge in [0.05, 0.1) is 17.7 Å². The van der Waals surface area contributed by atoms with E-state index in [0.29, 0.717) is 6.54 Å². The van der Waals surface area contributed by atoms with Crippen LogP contribution in [0.4, 0.5) is 5.69 Å². The summed E-state index contributed by atoms with van der Waals surface area (Å²) in [6.45, 7) is 1.25. The largest absolute Gasteiger partial charge is 0.369 e. The fourth-order valence-electron chi connectivity index (χ4n) is 1.59. The molecular weight excluding hydrogens is 254 g/mol. The van der Waals surface area contributed by atoms with Crippen LogP contribution in [0.3, 0.4) is 0 Å². The Morgan fingerprint density at radius 3 is 2.88 bits per heavy atom. The van der Waals surface area contributed by atoms with Crippen LogP contribution in [0.5, 0.6) is 0 Å². The maximum Gasteiger partial charge on any atom is 0.0795 e. The Labute approximate surface area is 110 Å². The van der Waals surface area contributed by atoms with Gasteiger partial charge in [-0.05, 0) is 17.7 Å². The van der Waals surface area contributed by atoms with Gasteiger partial charge in [0.2, 0.25) is 0 Å². The minimum absolute atomic E-state index is 0.467. The van der Waals surface area contributed by atoms with Crippen LogP contribution < -0.4 is 10.6 Å². The Balaban J connectivity index is 2.14. The number of rotatable bonds is 4. The molecule has 90 valence electrons. The van der Waals surface area contributed by atoms with Crippen molar-refractivity contribution < 1.29 is 0 Å². The van der Waals surface area contributed by atoms with Crippen LogP contribution in [0.2, 0.25) is 5.02 Å². The van der Waals surface area contributed by atoms with Gasteiger partial charge in [0.25, 0.3) is 0 Å². The van der Waals surface area contributed by atoms with Crippen LogP contribution in [-0.2, 0) is 13.1 Å². The molecule has 0 saturated carbocycles. The fraction of sp³-hybridized carbons (Fsp3) is 0.250. The predicted molar refractivity (Wildman–Crippen MR) is 73.6 cm³/mol. The smallest absolute Gasteiger partial charge is 0.0795 e.